The van der Waals surface area contributed by atoms with Crippen LogP contribution in [-0.2, 0) is 19.1 Å². The van der Waals surface area contributed by atoms with Gasteiger partial charge in [-0.15, -0.1) is 0 Å². The van der Waals surface area contributed by atoms with Crippen molar-refractivity contribution in [3.63, 3.8) is 0 Å². The lowest BCUT2D eigenvalue weighted by Gasteiger charge is -2.39. The van der Waals surface area contributed by atoms with Gasteiger partial charge in [0.05, 0.1) is 37.2 Å². The first-order valence-electron chi connectivity index (χ1n) is 13.1. The Kier molecular flexibility index (Phi) is 8.84. The van der Waals surface area contributed by atoms with Crippen LogP contribution in [0.3, 0.4) is 0 Å². The van der Waals surface area contributed by atoms with Crippen molar-refractivity contribution >= 4 is 23.5 Å². The van der Waals surface area contributed by atoms with Gasteiger partial charge in [0, 0.05) is 19.2 Å². The maximum Gasteiger partial charge on any atom is 0.306 e. The van der Waals surface area contributed by atoms with E-state index in [0.29, 0.717) is 6.54 Å². The van der Waals surface area contributed by atoms with Gasteiger partial charge >= 0.3 is 5.97 Å². The average Bonchev–Trinajstić information content (AvgIpc) is 3.43. The Labute approximate surface area is 223 Å². The van der Waals surface area contributed by atoms with E-state index >= 15 is 0 Å². The highest BCUT2D eigenvalue weighted by Gasteiger charge is 2.37. The molecule has 2 aromatic carbocycles. The van der Waals surface area contributed by atoms with Crippen LogP contribution in [0.4, 0.5) is 5.69 Å². The molecule has 1 unspecified atom stereocenters. The van der Waals surface area contributed by atoms with Crippen LogP contribution < -0.4 is 9.64 Å². The number of carbonyl (C=O) groups excluding carboxylic acids is 3. The monoisotopic (exact) mass is 517 g/mol. The van der Waals surface area contributed by atoms with E-state index in [-0.39, 0.29) is 43.8 Å². The van der Waals surface area contributed by atoms with Gasteiger partial charge in [-0.2, -0.15) is 0 Å². The molecule has 0 spiro atoms. The van der Waals surface area contributed by atoms with Gasteiger partial charge in [-0.3, -0.25) is 19.3 Å². The van der Waals surface area contributed by atoms with Gasteiger partial charge in [0.25, 0.3) is 0 Å². The van der Waals surface area contributed by atoms with E-state index in [0.717, 1.165) is 41.2 Å². The van der Waals surface area contributed by atoms with Crippen molar-refractivity contribution in [2.24, 2.45) is 0 Å². The Bertz CT molecular complexity index is 1270. The van der Waals surface area contributed by atoms with Crippen molar-refractivity contribution in [3.8, 4) is 11.4 Å². The fraction of sp³-hybridized carbons (Fsp3) is 0.367. The summed E-state index contributed by atoms with van der Waals surface area (Å²) in [4.78, 5) is 42.5. The van der Waals surface area contributed by atoms with Crippen molar-refractivity contribution in [3.05, 3.63) is 78.1 Å². The first kappa shape index (κ1) is 27.0. The number of hydrogen-bond acceptors (Lipinski definition) is 5. The molecule has 200 valence electrons. The summed E-state index contributed by atoms with van der Waals surface area (Å²) in [6.45, 7) is 4.41. The van der Waals surface area contributed by atoms with Gasteiger partial charge < -0.3 is 18.9 Å². The van der Waals surface area contributed by atoms with Crippen molar-refractivity contribution < 1.29 is 23.9 Å². The molecule has 0 bridgehead atoms. The van der Waals surface area contributed by atoms with Gasteiger partial charge in [0.1, 0.15) is 18.3 Å². The lowest BCUT2D eigenvalue weighted by atomic mass is 9.97. The number of aromatic nitrogens is 1. The number of carbonyl (C=O) groups is 3. The minimum atomic E-state index is -0.409. The molecule has 0 saturated carbocycles. The number of fused-ring (bicyclic) bond motifs is 3. The Morgan fingerprint density at radius 3 is 2.34 bits per heavy atom. The van der Waals surface area contributed by atoms with Crippen molar-refractivity contribution in [1.82, 2.24) is 9.47 Å². The third-order valence-corrected chi connectivity index (χ3v) is 6.73. The topological polar surface area (TPSA) is 81.1 Å². The van der Waals surface area contributed by atoms with Crippen LogP contribution in [0.2, 0.25) is 0 Å². The van der Waals surface area contributed by atoms with E-state index in [9.17, 15) is 14.4 Å². The SMILES string of the molecule is CCCCN(CC(=O)N1c2ccccc2-n2cccc2C1c1ccc(OC)cc1)C(=O)CCC(=O)OCC. The summed E-state index contributed by atoms with van der Waals surface area (Å²) in [5.74, 6) is -0.0927. The summed E-state index contributed by atoms with van der Waals surface area (Å²) < 4.78 is 12.4. The number of benzene rings is 2. The average molecular weight is 518 g/mol. The van der Waals surface area contributed by atoms with Crippen LogP contribution in [0.1, 0.15) is 56.8 Å². The lowest BCUT2D eigenvalue weighted by molar-refractivity contribution is -0.146. The summed E-state index contributed by atoms with van der Waals surface area (Å²) in [6, 6.07) is 19.1. The molecule has 2 amide bonds. The molecule has 0 aliphatic carbocycles. The minimum Gasteiger partial charge on any atom is -0.497 e. The quantitative estimate of drug-likeness (QED) is 0.338. The Morgan fingerprint density at radius 2 is 1.66 bits per heavy atom. The van der Waals surface area contributed by atoms with Crippen LogP contribution in [-0.4, -0.2) is 54.1 Å². The lowest BCUT2D eigenvalue weighted by Crippen LogP contribution is -2.47. The molecule has 3 aromatic rings. The second-order valence-corrected chi connectivity index (χ2v) is 9.21. The predicted octanol–water partition coefficient (Wildman–Crippen LogP) is 4.89. The van der Waals surface area contributed by atoms with Crippen LogP contribution >= 0.6 is 0 Å². The number of methoxy groups -OCH3 is 1. The van der Waals surface area contributed by atoms with E-state index in [4.69, 9.17) is 9.47 Å². The molecule has 0 saturated heterocycles. The van der Waals surface area contributed by atoms with Crippen LogP contribution in [0.15, 0.2) is 66.9 Å². The smallest absolute Gasteiger partial charge is 0.306 e. The van der Waals surface area contributed by atoms with Gasteiger partial charge in [0.2, 0.25) is 11.8 Å². The number of amides is 2. The highest BCUT2D eigenvalue weighted by atomic mass is 16.5. The molecule has 1 aromatic heterocycles. The second-order valence-electron chi connectivity index (χ2n) is 9.21. The molecule has 1 aliphatic heterocycles. The van der Waals surface area contributed by atoms with Crippen molar-refractivity contribution in [1.29, 1.82) is 0 Å². The maximum absolute atomic E-state index is 14.1. The molecule has 1 atom stereocenters. The Morgan fingerprint density at radius 1 is 0.921 bits per heavy atom. The summed E-state index contributed by atoms with van der Waals surface area (Å²) in [7, 11) is 1.62. The van der Waals surface area contributed by atoms with Gasteiger partial charge in [-0.05, 0) is 55.3 Å². The third-order valence-electron chi connectivity index (χ3n) is 6.73. The number of nitrogens with zero attached hydrogens (tertiary/aromatic N) is 3. The number of para-hydroxylation sites is 2. The van der Waals surface area contributed by atoms with E-state index in [2.05, 4.69) is 4.57 Å². The molecule has 1 aliphatic rings. The molecule has 2 heterocycles. The first-order chi connectivity index (χ1) is 18.5. The molecule has 0 radical (unpaired) electrons. The highest BCUT2D eigenvalue weighted by molar-refractivity contribution is 6.00. The first-order valence-corrected chi connectivity index (χ1v) is 13.1. The zero-order chi connectivity index (χ0) is 27.1. The summed E-state index contributed by atoms with van der Waals surface area (Å²) in [5.41, 5.74) is 3.56. The van der Waals surface area contributed by atoms with Crippen LogP contribution in [0, 0.1) is 0 Å². The molecule has 8 nitrogen and oxygen atoms in total. The molecular formula is C30H35N3O5. The normalized spacial score (nSPS) is 13.9. The van der Waals surface area contributed by atoms with Crippen LogP contribution in [0.5, 0.6) is 5.75 Å². The van der Waals surface area contributed by atoms with Crippen LogP contribution in [0.25, 0.3) is 5.69 Å². The minimum absolute atomic E-state index is 0.00196. The Hall–Kier alpha value is -4.07. The molecule has 8 heteroatoms. The van der Waals surface area contributed by atoms with Gasteiger partial charge in [-0.1, -0.05) is 37.6 Å². The number of anilines is 1. The second kappa shape index (κ2) is 12.4. The number of hydrogen-bond donors (Lipinski definition) is 0. The molecule has 38 heavy (non-hydrogen) atoms. The zero-order valence-electron chi connectivity index (χ0n) is 22.3. The number of unbranched alkanes of at least 4 members (excludes halogenated alkanes) is 1. The largest absolute Gasteiger partial charge is 0.497 e. The fourth-order valence-corrected chi connectivity index (χ4v) is 4.84. The van der Waals surface area contributed by atoms with Crippen molar-refractivity contribution in [2.45, 2.75) is 45.6 Å². The highest BCUT2D eigenvalue weighted by Crippen LogP contribution is 2.42. The van der Waals surface area contributed by atoms with E-state index in [1.54, 1.807) is 23.8 Å². The molecular weight excluding hydrogens is 482 g/mol. The van der Waals surface area contributed by atoms with E-state index in [1.807, 2.05) is 73.8 Å². The fourth-order valence-electron chi connectivity index (χ4n) is 4.84. The third kappa shape index (κ3) is 5.74. The summed E-state index contributed by atoms with van der Waals surface area (Å²) >= 11 is 0. The molecule has 0 N–H and O–H groups in total. The number of ether oxygens (including phenoxy) is 2. The number of esters is 1. The molecule has 0 fully saturated rings. The summed E-state index contributed by atoms with van der Waals surface area (Å²) in [5, 5.41) is 0. The Balaban J connectivity index is 1.67. The van der Waals surface area contributed by atoms with E-state index < -0.39 is 5.97 Å². The predicted molar refractivity (Wildman–Crippen MR) is 145 cm³/mol. The van der Waals surface area contributed by atoms with Crippen molar-refractivity contribution in [2.75, 3.05) is 31.7 Å². The standard InChI is InChI=1S/C30H35N3O5/c1-4-6-19-31(27(34)17-18-29(36)38-5-2)21-28(35)33-25-11-8-7-10-24(25)32-20-9-12-26(32)30(33)22-13-15-23(37-3)16-14-22/h7-16,20,30H,4-6,17-19,21H2,1-3H3. The van der Waals surface area contributed by atoms with Gasteiger partial charge in [0.15, 0.2) is 0 Å². The maximum atomic E-state index is 14.1. The zero-order valence-corrected chi connectivity index (χ0v) is 22.3. The van der Waals surface area contributed by atoms with Gasteiger partial charge in [-0.25, -0.2) is 0 Å². The molecule has 4 rings (SSSR count). The van der Waals surface area contributed by atoms with E-state index in [1.165, 1.54) is 0 Å². The summed E-state index contributed by atoms with van der Waals surface area (Å²) in [6.07, 6.45) is 3.65. The number of rotatable bonds is 11.